The van der Waals surface area contributed by atoms with Gasteiger partial charge in [-0.25, -0.2) is 0 Å². The van der Waals surface area contributed by atoms with E-state index >= 15 is 0 Å². The Labute approximate surface area is 117 Å². The summed E-state index contributed by atoms with van der Waals surface area (Å²) in [7, 11) is 3.96. The molecule has 0 heterocycles. The number of hydrogen-bond donors (Lipinski definition) is 1. The van der Waals surface area contributed by atoms with Gasteiger partial charge in [0.2, 0.25) is 0 Å². The van der Waals surface area contributed by atoms with Gasteiger partial charge in [0, 0.05) is 13.2 Å². The Morgan fingerprint density at radius 3 is 2.42 bits per heavy atom. The van der Waals surface area contributed by atoms with Crippen LogP contribution in [0.15, 0.2) is 30.3 Å². The van der Waals surface area contributed by atoms with E-state index in [0.717, 1.165) is 12.8 Å². The average molecular weight is 261 g/mol. The zero-order chi connectivity index (χ0) is 13.6. The van der Waals surface area contributed by atoms with Crippen LogP contribution in [-0.4, -0.2) is 25.8 Å². The van der Waals surface area contributed by atoms with Gasteiger partial charge in [-0.2, -0.15) is 0 Å². The first-order valence-corrected chi connectivity index (χ1v) is 7.57. The van der Waals surface area contributed by atoms with Crippen LogP contribution < -0.4 is 5.32 Å². The van der Waals surface area contributed by atoms with Crippen LogP contribution in [0.1, 0.15) is 44.1 Å². The molecule has 0 amide bonds. The monoisotopic (exact) mass is 261 g/mol. The summed E-state index contributed by atoms with van der Waals surface area (Å²) < 4.78 is 5.96. The van der Waals surface area contributed by atoms with E-state index in [-0.39, 0.29) is 5.60 Å². The molecule has 106 valence electrons. The highest BCUT2D eigenvalue weighted by molar-refractivity contribution is 5.15. The van der Waals surface area contributed by atoms with E-state index in [2.05, 4.69) is 42.7 Å². The van der Waals surface area contributed by atoms with Crippen LogP contribution in [0.3, 0.4) is 0 Å². The highest BCUT2D eigenvalue weighted by atomic mass is 16.5. The van der Waals surface area contributed by atoms with E-state index in [1.54, 1.807) is 0 Å². The number of benzene rings is 1. The van der Waals surface area contributed by atoms with Crippen LogP contribution in [0.5, 0.6) is 0 Å². The zero-order valence-corrected chi connectivity index (χ0v) is 12.3. The molecular formula is C17H27NO. The van der Waals surface area contributed by atoms with Gasteiger partial charge in [0.25, 0.3) is 0 Å². The van der Waals surface area contributed by atoms with Crippen LogP contribution in [-0.2, 0) is 11.2 Å². The van der Waals surface area contributed by atoms with E-state index in [0.29, 0.717) is 6.04 Å². The lowest BCUT2D eigenvalue weighted by Crippen LogP contribution is -2.52. The molecule has 0 aromatic heterocycles. The maximum absolute atomic E-state index is 5.96. The first-order valence-electron chi connectivity index (χ1n) is 7.57. The number of methoxy groups -OCH3 is 1. The maximum Gasteiger partial charge on any atom is 0.0830 e. The third kappa shape index (κ3) is 3.58. The fourth-order valence-corrected chi connectivity index (χ4v) is 3.47. The minimum Gasteiger partial charge on any atom is -0.377 e. The fourth-order valence-electron chi connectivity index (χ4n) is 3.47. The SMILES string of the molecule is CNC(CCc1ccccc1)C1(OC)CCCCC1. The molecule has 1 fully saturated rings. The molecule has 0 bridgehead atoms. The van der Waals surface area contributed by atoms with Crippen molar-refractivity contribution in [3.8, 4) is 0 Å². The van der Waals surface area contributed by atoms with Gasteiger partial charge in [-0.05, 0) is 38.3 Å². The predicted octanol–water partition coefficient (Wildman–Crippen LogP) is 3.56. The smallest absolute Gasteiger partial charge is 0.0830 e. The summed E-state index contributed by atoms with van der Waals surface area (Å²) in [5.41, 5.74) is 1.48. The minimum atomic E-state index is 0.0573. The first kappa shape index (κ1) is 14.5. The lowest BCUT2D eigenvalue weighted by atomic mass is 9.77. The second-order valence-corrected chi connectivity index (χ2v) is 5.70. The Morgan fingerprint density at radius 1 is 1.16 bits per heavy atom. The van der Waals surface area contributed by atoms with Gasteiger partial charge in [-0.15, -0.1) is 0 Å². The molecule has 2 nitrogen and oxygen atoms in total. The molecule has 1 aromatic carbocycles. The summed E-state index contributed by atoms with van der Waals surface area (Å²) in [4.78, 5) is 0. The second kappa shape index (κ2) is 7.06. The molecule has 19 heavy (non-hydrogen) atoms. The molecule has 1 N–H and O–H groups in total. The molecule has 1 aromatic rings. The molecule has 0 spiro atoms. The summed E-state index contributed by atoms with van der Waals surface area (Å²) >= 11 is 0. The van der Waals surface area contributed by atoms with E-state index in [4.69, 9.17) is 4.74 Å². The molecule has 0 saturated heterocycles. The van der Waals surface area contributed by atoms with Crippen LogP contribution in [0, 0.1) is 0 Å². The molecule has 2 rings (SSSR count). The highest BCUT2D eigenvalue weighted by Gasteiger charge is 2.38. The van der Waals surface area contributed by atoms with E-state index in [1.165, 1.54) is 37.7 Å². The van der Waals surface area contributed by atoms with Crippen molar-refractivity contribution in [1.29, 1.82) is 0 Å². The van der Waals surface area contributed by atoms with Crippen LogP contribution in [0.2, 0.25) is 0 Å². The highest BCUT2D eigenvalue weighted by Crippen LogP contribution is 2.35. The van der Waals surface area contributed by atoms with Gasteiger partial charge in [-0.3, -0.25) is 0 Å². The number of ether oxygens (including phenoxy) is 1. The Balaban J connectivity index is 1.98. The van der Waals surface area contributed by atoms with Crippen LogP contribution >= 0.6 is 0 Å². The second-order valence-electron chi connectivity index (χ2n) is 5.70. The summed E-state index contributed by atoms with van der Waals surface area (Å²) in [6.45, 7) is 0. The Hall–Kier alpha value is -0.860. The van der Waals surface area contributed by atoms with Crippen molar-refractivity contribution in [2.75, 3.05) is 14.2 Å². The number of rotatable bonds is 6. The molecule has 2 heteroatoms. The van der Waals surface area contributed by atoms with E-state index in [1.807, 2.05) is 7.11 Å². The minimum absolute atomic E-state index is 0.0573. The van der Waals surface area contributed by atoms with Crippen molar-refractivity contribution < 1.29 is 4.74 Å². The van der Waals surface area contributed by atoms with Crippen molar-refractivity contribution in [3.05, 3.63) is 35.9 Å². The molecule has 1 saturated carbocycles. The Kier molecular flexibility index (Phi) is 5.41. The Bertz CT molecular complexity index is 357. The summed E-state index contributed by atoms with van der Waals surface area (Å²) in [6, 6.07) is 11.2. The van der Waals surface area contributed by atoms with Crippen molar-refractivity contribution in [3.63, 3.8) is 0 Å². The number of hydrogen-bond acceptors (Lipinski definition) is 2. The normalized spacial score (nSPS) is 20.1. The molecule has 0 radical (unpaired) electrons. The molecule has 1 atom stereocenters. The lowest BCUT2D eigenvalue weighted by molar-refractivity contribution is -0.0675. The average Bonchev–Trinajstić information content (AvgIpc) is 2.50. The van der Waals surface area contributed by atoms with Gasteiger partial charge in [0.15, 0.2) is 0 Å². The third-order valence-electron chi connectivity index (χ3n) is 4.65. The molecule has 1 aliphatic rings. The summed E-state index contributed by atoms with van der Waals surface area (Å²) in [5, 5.41) is 3.51. The summed E-state index contributed by atoms with van der Waals surface area (Å²) in [5.74, 6) is 0. The van der Waals surface area contributed by atoms with Gasteiger partial charge >= 0.3 is 0 Å². The lowest BCUT2D eigenvalue weighted by Gasteiger charge is -2.42. The number of aryl methyl sites for hydroxylation is 1. The largest absolute Gasteiger partial charge is 0.377 e. The molecule has 1 unspecified atom stereocenters. The quantitative estimate of drug-likeness (QED) is 0.845. The fraction of sp³-hybridized carbons (Fsp3) is 0.647. The van der Waals surface area contributed by atoms with E-state index in [9.17, 15) is 0 Å². The van der Waals surface area contributed by atoms with Crippen molar-refractivity contribution in [2.24, 2.45) is 0 Å². The van der Waals surface area contributed by atoms with Crippen molar-refractivity contribution in [1.82, 2.24) is 5.32 Å². The van der Waals surface area contributed by atoms with Crippen LogP contribution in [0.4, 0.5) is 0 Å². The van der Waals surface area contributed by atoms with Gasteiger partial charge < -0.3 is 10.1 Å². The predicted molar refractivity (Wildman–Crippen MR) is 80.4 cm³/mol. The van der Waals surface area contributed by atoms with Crippen LogP contribution in [0.25, 0.3) is 0 Å². The molecule has 1 aliphatic carbocycles. The number of nitrogens with one attached hydrogen (secondary N) is 1. The zero-order valence-electron chi connectivity index (χ0n) is 12.3. The van der Waals surface area contributed by atoms with Gasteiger partial charge in [-0.1, -0.05) is 49.6 Å². The summed E-state index contributed by atoms with van der Waals surface area (Å²) in [6.07, 6.45) is 8.63. The topological polar surface area (TPSA) is 21.3 Å². The van der Waals surface area contributed by atoms with Gasteiger partial charge in [0.05, 0.1) is 5.60 Å². The molecule has 0 aliphatic heterocycles. The van der Waals surface area contributed by atoms with Crippen molar-refractivity contribution >= 4 is 0 Å². The standard InChI is InChI=1S/C17H27NO/c1-18-16(12-11-15-9-5-3-6-10-15)17(19-2)13-7-4-8-14-17/h3,5-6,9-10,16,18H,4,7-8,11-14H2,1-2H3. The first-order chi connectivity index (χ1) is 9.30. The van der Waals surface area contributed by atoms with E-state index < -0.39 is 0 Å². The maximum atomic E-state index is 5.96. The van der Waals surface area contributed by atoms with Gasteiger partial charge in [0.1, 0.15) is 0 Å². The number of likely N-dealkylation sites (N-methyl/N-ethyl adjacent to an activating group) is 1. The van der Waals surface area contributed by atoms with Crippen molar-refractivity contribution in [2.45, 2.75) is 56.6 Å². The Morgan fingerprint density at radius 2 is 1.84 bits per heavy atom. The third-order valence-corrected chi connectivity index (χ3v) is 4.65. The molecular weight excluding hydrogens is 234 g/mol.